The van der Waals surface area contributed by atoms with Crippen molar-refractivity contribution < 1.29 is 4.74 Å². The van der Waals surface area contributed by atoms with Gasteiger partial charge >= 0.3 is 0 Å². The summed E-state index contributed by atoms with van der Waals surface area (Å²) in [5.74, 6) is 2.50. The summed E-state index contributed by atoms with van der Waals surface area (Å²) < 4.78 is 5.93. The van der Waals surface area contributed by atoms with Gasteiger partial charge in [0.2, 0.25) is 0 Å². The lowest BCUT2D eigenvalue weighted by Crippen LogP contribution is -2.14. The Morgan fingerprint density at radius 2 is 1.17 bits per heavy atom. The molecule has 0 saturated heterocycles. The highest BCUT2D eigenvalue weighted by atomic mass is 16.5. The summed E-state index contributed by atoms with van der Waals surface area (Å²) in [5, 5.41) is 0. The predicted molar refractivity (Wildman–Crippen MR) is 221 cm³/mol. The van der Waals surface area contributed by atoms with Crippen molar-refractivity contribution in [2.75, 3.05) is 0 Å². The van der Waals surface area contributed by atoms with Crippen LogP contribution in [0.25, 0.3) is 33.4 Å². The van der Waals surface area contributed by atoms with E-state index in [4.69, 9.17) is 4.74 Å². The second-order valence-electron chi connectivity index (χ2n) is 15.0. The van der Waals surface area contributed by atoms with E-state index in [1.165, 1.54) is 85.2 Å². The molecule has 1 heteroatoms. The zero-order valence-corrected chi connectivity index (χ0v) is 31.5. The number of hydrogen-bond acceptors (Lipinski definition) is 1. The zero-order chi connectivity index (χ0) is 36.2. The van der Waals surface area contributed by atoms with Crippen LogP contribution in [0.4, 0.5) is 0 Å². The van der Waals surface area contributed by atoms with Crippen LogP contribution in [0.2, 0.25) is 0 Å². The Kier molecular flexibility index (Phi) is 10.1. The molecule has 1 atom stereocenters. The third-order valence-electron chi connectivity index (χ3n) is 10.7. The summed E-state index contributed by atoms with van der Waals surface area (Å²) in [5.41, 5.74) is 17.7. The lowest BCUT2D eigenvalue weighted by Gasteiger charge is -2.21. The molecule has 0 fully saturated rings. The molecule has 1 unspecified atom stereocenters. The monoisotopic (exact) mass is 678 g/mol. The van der Waals surface area contributed by atoms with Crippen LogP contribution in [0.15, 0.2) is 157 Å². The molecular weight excluding hydrogens is 629 g/mol. The van der Waals surface area contributed by atoms with Crippen LogP contribution in [0.5, 0.6) is 5.75 Å². The minimum Gasteiger partial charge on any atom is -0.461 e. The smallest absolute Gasteiger partial charge is 0.130 e. The number of ether oxygens (including phenoxy) is 1. The second-order valence-corrected chi connectivity index (χ2v) is 15.0. The minimum absolute atomic E-state index is 0.151. The van der Waals surface area contributed by atoms with E-state index >= 15 is 0 Å². The Labute approximate surface area is 311 Å². The minimum atomic E-state index is 0.151. The number of allylic oxidation sites excluding steroid dienone is 4. The Hall–Kier alpha value is -5.40. The molecule has 260 valence electrons. The Morgan fingerprint density at radius 3 is 1.85 bits per heavy atom. The fraction of sp³-hybridized carbons (Fsp3) is 0.216. The summed E-state index contributed by atoms with van der Waals surface area (Å²) >= 11 is 0. The van der Waals surface area contributed by atoms with Gasteiger partial charge in [-0.15, -0.1) is 0 Å². The third kappa shape index (κ3) is 7.32. The van der Waals surface area contributed by atoms with Crippen LogP contribution < -0.4 is 4.74 Å². The quantitative estimate of drug-likeness (QED) is 0.180. The first-order valence-corrected chi connectivity index (χ1v) is 18.8. The standard InChI is InChI=1S/C19H16O.C16H16.C16H18/c1-13-6-8-14(9-7-13)15-10-11-19-17(12-15)16-4-2-3-5-18(16)20-19;1-11-8-9-13-12-6-4-5-7-14(12)16(2,3)15(13)10-11;1-3-4-14-7-11-16(12-8-14)15-9-5-13(2)6-10-15/h2-3,5-12,16H,4H2,1H3;4-10H,1-3H3;5-12H,3-4H2,1-2H3. The molecule has 0 amide bonds. The van der Waals surface area contributed by atoms with E-state index in [9.17, 15) is 0 Å². The highest BCUT2D eigenvalue weighted by molar-refractivity contribution is 5.80. The van der Waals surface area contributed by atoms with E-state index in [2.05, 4.69) is 193 Å². The number of rotatable bonds is 4. The molecular formula is C51H50O. The summed E-state index contributed by atoms with van der Waals surface area (Å²) in [7, 11) is 0. The summed E-state index contributed by atoms with van der Waals surface area (Å²) in [6.45, 7) is 13.3. The van der Waals surface area contributed by atoms with Crippen LogP contribution >= 0.6 is 0 Å². The van der Waals surface area contributed by atoms with E-state index in [1.807, 2.05) is 0 Å². The van der Waals surface area contributed by atoms with Gasteiger partial charge in [-0.1, -0.05) is 177 Å². The predicted octanol–water partition coefficient (Wildman–Crippen LogP) is 13.9. The van der Waals surface area contributed by atoms with Gasteiger partial charge in [0.1, 0.15) is 11.5 Å². The van der Waals surface area contributed by atoms with Crippen molar-refractivity contribution in [2.24, 2.45) is 0 Å². The van der Waals surface area contributed by atoms with Crippen molar-refractivity contribution in [3.63, 3.8) is 0 Å². The van der Waals surface area contributed by atoms with Gasteiger partial charge in [0, 0.05) is 16.9 Å². The lowest BCUT2D eigenvalue weighted by atomic mass is 9.82. The van der Waals surface area contributed by atoms with Gasteiger partial charge in [0.25, 0.3) is 0 Å². The summed E-state index contributed by atoms with van der Waals surface area (Å²) in [6, 6.07) is 48.4. The largest absolute Gasteiger partial charge is 0.461 e. The molecule has 9 rings (SSSR count). The van der Waals surface area contributed by atoms with Crippen LogP contribution in [-0.4, -0.2) is 0 Å². The number of benzene rings is 6. The molecule has 1 aliphatic heterocycles. The van der Waals surface area contributed by atoms with Gasteiger partial charge in [-0.3, -0.25) is 0 Å². The maximum atomic E-state index is 5.93. The molecule has 0 spiro atoms. The Bertz CT molecular complexity index is 2230. The van der Waals surface area contributed by atoms with Crippen molar-refractivity contribution in [2.45, 2.75) is 72.1 Å². The first-order chi connectivity index (χ1) is 25.2. The molecule has 3 aliphatic rings. The molecule has 0 radical (unpaired) electrons. The number of fused-ring (bicyclic) bond motifs is 6. The van der Waals surface area contributed by atoms with E-state index < -0.39 is 0 Å². The van der Waals surface area contributed by atoms with Gasteiger partial charge in [-0.25, -0.2) is 0 Å². The Balaban J connectivity index is 0.000000123. The molecule has 52 heavy (non-hydrogen) atoms. The molecule has 6 aromatic rings. The van der Waals surface area contributed by atoms with E-state index in [0.29, 0.717) is 5.92 Å². The van der Waals surface area contributed by atoms with E-state index in [0.717, 1.165) is 17.9 Å². The third-order valence-corrected chi connectivity index (χ3v) is 10.7. The zero-order valence-electron chi connectivity index (χ0n) is 31.5. The summed E-state index contributed by atoms with van der Waals surface area (Å²) in [6.07, 6.45) is 9.80. The topological polar surface area (TPSA) is 9.23 Å². The van der Waals surface area contributed by atoms with Crippen molar-refractivity contribution in [3.8, 4) is 39.1 Å². The van der Waals surface area contributed by atoms with E-state index in [1.54, 1.807) is 0 Å². The summed E-state index contributed by atoms with van der Waals surface area (Å²) in [4.78, 5) is 0. The average molecular weight is 679 g/mol. The Morgan fingerprint density at radius 1 is 0.596 bits per heavy atom. The fourth-order valence-corrected chi connectivity index (χ4v) is 7.68. The molecule has 0 aromatic heterocycles. The first kappa shape index (κ1) is 35.0. The molecule has 0 N–H and O–H groups in total. The highest BCUT2D eigenvalue weighted by Crippen LogP contribution is 2.49. The van der Waals surface area contributed by atoms with Crippen molar-refractivity contribution >= 4 is 0 Å². The maximum absolute atomic E-state index is 5.93. The normalized spacial score (nSPS) is 15.3. The van der Waals surface area contributed by atoms with Crippen LogP contribution in [0.1, 0.15) is 78.5 Å². The van der Waals surface area contributed by atoms with Gasteiger partial charge < -0.3 is 4.74 Å². The molecule has 0 saturated carbocycles. The number of aryl methyl sites for hydroxylation is 4. The molecule has 0 bridgehead atoms. The first-order valence-electron chi connectivity index (χ1n) is 18.8. The fourth-order valence-electron chi connectivity index (χ4n) is 7.68. The maximum Gasteiger partial charge on any atom is 0.130 e. The van der Waals surface area contributed by atoms with Crippen LogP contribution in [-0.2, 0) is 11.8 Å². The van der Waals surface area contributed by atoms with Crippen LogP contribution in [0, 0.1) is 20.8 Å². The average Bonchev–Trinajstić information content (AvgIpc) is 3.65. The van der Waals surface area contributed by atoms with Crippen molar-refractivity contribution in [3.05, 3.63) is 196 Å². The van der Waals surface area contributed by atoms with Crippen molar-refractivity contribution in [1.29, 1.82) is 0 Å². The van der Waals surface area contributed by atoms with E-state index in [-0.39, 0.29) is 5.41 Å². The molecule has 1 nitrogen and oxygen atoms in total. The van der Waals surface area contributed by atoms with Crippen molar-refractivity contribution in [1.82, 2.24) is 0 Å². The van der Waals surface area contributed by atoms with Gasteiger partial charge in [-0.2, -0.15) is 0 Å². The molecule has 2 aliphatic carbocycles. The van der Waals surface area contributed by atoms with Crippen LogP contribution in [0.3, 0.4) is 0 Å². The second kappa shape index (κ2) is 15.1. The van der Waals surface area contributed by atoms with Gasteiger partial charge in [0.15, 0.2) is 0 Å². The number of hydrogen-bond donors (Lipinski definition) is 0. The highest BCUT2D eigenvalue weighted by Gasteiger charge is 2.34. The molecule has 1 heterocycles. The SMILES string of the molecule is CCCc1ccc(-c2ccc(C)cc2)cc1.Cc1ccc(-c2ccc3c(c2)C2CC=CC=C2O3)cc1.Cc1ccc2c(c1)C(C)(C)c1ccccc1-2. The lowest BCUT2D eigenvalue weighted by molar-refractivity contribution is 0.425. The van der Waals surface area contributed by atoms with Gasteiger partial charge in [0.05, 0.1) is 0 Å². The molecule has 6 aromatic carbocycles. The van der Waals surface area contributed by atoms with Gasteiger partial charge in [-0.05, 0) is 102 Å².